The summed E-state index contributed by atoms with van der Waals surface area (Å²) in [4.78, 5) is 12.2. The second-order valence-electron chi connectivity index (χ2n) is 5.99. The third-order valence-electron chi connectivity index (χ3n) is 4.14. The van der Waals surface area contributed by atoms with E-state index in [1.165, 1.54) is 30.7 Å². The standard InChI is InChI=1S/C20H12F4N4/c21-18-15(8-3-12-2-1-9-25-19(12)18)16-10-17(27-11-26-16)28-14-6-4-13(5-7-14)20(22,23)24/h1-11H,(H,26,27,28). The van der Waals surface area contributed by atoms with E-state index in [4.69, 9.17) is 0 Å². The van der Waals surface area contributed by atoms with Crippen molar-refractivity contribution in [3.63, 3.8) is 0 Å². The number of hydrogen-bond acceptors (Lipinski definition) is 4. The summed E-state index contributed by atoms with van der Waals surface area (Å²) in [5, 5.41) is 3.56. The molecule has 0 fully saturated rings. The molecule has 2 heterocycles. The minimum atomic E-state index is -4.40. The van der Waals surface area contributed by atoms with Crippen LogP contribution in [0.1, 0.15) is 5.56 Å². The van der Waals surface area contributed by atoms with E-state index in [9.17, 15) is 17.6 Å². The predicted molar refractivity (Wildman–Crippen MR) is 97.5 cm³/mol. The normalized spacial score (nSPS) is 11.6. The zero-order valence-corrected chi connectivity index (χ0v) is 14.2. The highest BCUT2D eigenvalue weighted by atomic mass is 19.4. The predicted octanol–water partition coefficient (Wildman–Crippen LogP) is 5.59. The maximum atomic E-state index is 14.8. The van der Waals surface area contributed by atoms with Gasteiger partial charge in [-0.05, 0) is 36.4 Å². The van der Waals surface area contributed by atoms with Gasteiger partial charge in [0.25, 0.3) is 0 Å². The highest BCUT2D eigenvalue weighted by Crippen LogP contribution is 2.31. The zero-order chi connectivity index (χ0) is 19.7. The molecule has 1 N–H and O–H groups in total. The molecule has 0 bridgehead atoms. The first kappa shape index (κ1) is 17.8. The summed E-state index contributed by atoms with van der Waals surface area (Å²) in [5.41, 5.74) is 0.486. The van der Waals surface area contributed by atoms with Crippen molar-refractivity contribution >= 4 is 22.4 Å². The van der Waals surface area contributed by atoms with Gasteiger partial charge in [0, 0.05) is 28.9 Å². The minimum absolute atomic E-state index is 0.232. The number of nitrogens with zero attached hydrogens (tertiary/aromatic N) is 3. The van der Waals surface area contributed by atoms with Crippen molar-refractivity contribution < 1.29 is 17.6 Å². The maximum Gasteiger partial charge on any atom is 0.416 e. The van der Waals surface area contributed by atoms with Gasteiger partial charge in [-0.3, -0.25) is 4.98 Å². The molecule has 0 spiro atoms. The number of pyridine rings is 1. The summed E-state index contributed by atoms with van der Waals surface area (Å²) >= 11 is 0. The van der Waals surface area contributed by atoms with Crippen LogP contribution in [0.15, 0.2) is 67.1 Å². The molecule has 28 heavy (non-hydrogen) atoms. The lowest BCUT2D eigenvalue weighted by atomic mass is 10.1. The number of rotatable bonds is 3. The van der Waals surface area contributed by atoms with E-state index < -0.39 is 17.6 Å². The molecule has 2 aromatic carbocycles. The van der Waals surface area contributed by atoms with Crippen molar-refractivity contribution in [2.45, 2.75) is 6.18 Å². The number of aromatic nitrogens is 3. The van der Waals surface area contributed by atoms with Crippen LogP contribution in [0.25, 0.3) is 22.2 Å². The molecule has 0 unspecified atom stereocenters. The van der Waals surface area contributed by atoms with Crippen molar-refractivity contribution in [3.8, 4) is 11.3 Å². The molecule has 0 radical (unpaired) electrons. The quantitative estimate of drug-likeness (QED) is 0.468. The Hall–Kier alpha value is -3.55. The lowest BCUT2D eigenvalue weighted by Crippen LogP contribution is -2.04. The van der Waals surface area contributed by atoms with Crippen LogP contribution in [-0.2, 0) is 6.18 Å². The van der Waals surface area contributed by atoms with E-state index in [0.29, 0.717) is 22.6 Å². The summed E-state index contributed by atoms with van der Waals surface area (Å²) in [7, 11) is 0. The third-order valence-corrected chi connectivity index (χ3v) is 4.14. The average molecular weight is 384 g/mol. The molecular formula is C20H12F4N4. The Morgan fingerprint density at radius 1 is 0.857 bits per heavy atom. The number of alkyl halides is 3. The summed E-state index contributed by atoms with van der Waals surface area (Å²) in [6.07, 6.45) is -1.64. The van der Waals surface area contributed by atoms with E-state index in [0.717, 1.165) is 12.1 Å². The van der Waals surface area contributed by atoms with Crippen LogP contribution in [0, 0.1) is 5.82 Å². The first-order chi connectivity index (χ1) is 13.4. The van der Waals surface area contributed by atoms with Gasteiger partial charge >= 0.3 is 6.18 Å². The van der Waals surface area contributed by atoms with E-state index >= 15 is 0 Å². The zero-order valence-electron chi connectivity index (χ0n) is 14.2. The van der Waals surface area contributed by atoms with Crippen LogP contribution in [0.2, 0.25) is 0 Å². The molecule has 0 saturated heterocycles. The fourth-order valence-corrected chi connectivity index (χ4v) is 2.77. The molecule has 4 rings (SSSR count). The number of halogens is 4. The van der Waals surface area contributed by atoms with E-state index in [-0.39, 0.29) is 11.1 Å². The highest BCUT2D eigenvalue weighted by Gasteiger charge is 2.29. The number of anilines is 2. The number of nitrogens with one attached hydrogen (secondary N) is 1. The maximum absolute atomic E-state index is 14.8. The second-order valence-corrected chi connectivity index (χ2v) is 5.99. The number of hydrogen-bond donors (Lipinski definition) is 1. The molecule has 0 aliphatic heterocycles. The smallest absolute Gasteiger partial charge is 0.340 e. The number of fused-ring (bicyclic) bond motifs is 1. The second kappa shape index (κ2) is 6.88. The van der Waals surface area contributed by atoms with Crippen molar-refractivity contribution in [2.24, 2.45) is 0 Å². The highest BCUT2D eigenvalue weighted by molar-refractivity contribution is 5.84. The van der Waals surface area contributed by atoms with E-state index in [1.807, 2.05) is 0 Å². The Bertz CT molecular complexity index is 1140. The fourth-order valence-electron chi connectivity index (χ4n) is 2.77. The topological polar surface area (TPSA) is 50.7 Å². The molecule has 0 atom stereocenters. The molecule has 0 amide bonds. The van der Waals surface area contributed by atoms with Crippen LogP contribution in [0.5, 0.6) is 0 Å². The van der Waals surface area contributed by atoms with Gasteiger partial charge in [0.1, 0.15) is 17.7 Å². The van der Waals surface area contributed by atoms with Crippen LogP contribution in [-0.4, -0.2) is 15.0 Å². The molecular weight excluding hydrogens is 372 g/mol. The Kier molecular flexibility index (Phi) is 4.38. The Morgan fingerprint density at radius 2 is 1.64 bits per heavy atom. The molecule has 140 valence electrons. The van der Waals surface area contributed by atoms with Gasteiger partial charge in [-0.15, -0.1) is 0 Å². The van der Waals surface area contributed by atoms with Gasteiger partial charge in [0.05, 0.1) is 11.3 Å². The molecule has 4 nitrogen and oxygen atoms in total. The first-order valence-electron chi connectivity index (χ1n) is 8.22. The van der Waals surface area contributed by atoms with Gasteiger partial charge in [0.2, 0.25) is 0 Å². The third kappa shape index (κ3) is 3.48. The van der Waals surface area contributed by atoms with Crippen molar-refractivity contribution in [1.29, 1.82) is 0 Å². The van der Waals surface area contributed by atoms with Crippen molar-refractivity contribution in [3.05, 3.63) is 78.5 Å². The fraction of sp³-hybridized carbons (Fsp3) is 0.0500. The van der Waals surface area contributed by atoms with Gasteiger partial charge < -0.3 is 5.32 Å². The molecule has 0 aliphatic carbocycles. The van der Waals surface area contributed by atoms with Gasteiger partial charge in [0.15, 0.2) is 5.82 Å². The molecule has 8 heteroatoms. The summed E-state index contributed by atoms with van der Waals surface area (Å²) in [5.74, 6) is -0.178. The average Bonchev–Trinajstić information content (AvgIpc) is 2.68. The van der Waals surface area contributed by atoms with Crippen LogP contribution < -0.4 is 5.32 Å². The SMILES string of the molecule is Fc1c(-c2cc(Nc3ccc(C(F)(F)F)cc3)ncn2)ccc2cccnc12. The molecule has 2 aromatic heterocycles. The van der Waals surface area contributed by atoms with Crippen LogP contribution in [0.4, 0.5) is 29.1 Å². The molecule has 0 aliphatic rings. The lowest BCUT2D eigenvalue weighted by Gasteiger charge is -2.10. The monoisotopic (exact) mass is 384 g/mol. The van der Waals surface area contributed by atoms with Gasteiger partial charge in [-0.2, -0.15) is 13.2 Å². The first-order valence-corrected chi connectivity index (χ1v) is 8.22. The largest absolute Gasteiger partial charge is 0.416 e. The Balaban J connectivity index is 1.64. The van der Waals surface area contributed by atoms with E-state index in [1.54, 1.807) is 24.3 Å². The van der Waals surface area contributed by atoms with Crippen LogP contribution >= 0.6 is 0 Å². The number of benzene rings is 2. The minimum Gasteiger partial charge on any atom is -0.340 e. The summed E-state index contributed by atoms with van der Waals surface area (Å²) < 4.78 is 52.8. The summed E-state index contributed by atoms with van der Waals surface area (Å²) in [6, 6.07) is 12.9. The molecule has 0 saturated carbocycles. The summed E-state index contributed by atoms with van der Waals surface area (Å²) in [6.45, 7) is 0. The van der Waals surface area contributed by atoms with Gasteiger partial charge in [-0.25, -0.2) is 14.4 Å². The van der Waals surface area contributed by atoms with Gasteiger partial charge in [-0.1, -0.05) is 12.1 Å². The van der Waals surface area contributed by atoms with E-state index in [2.05, 4.69) is 20.3 Å². The molecule has 4 aromatic rings. The Morgan fingerprint density at radius 3 is 2.39 bits per heavy atom. The lowest BCUT2D eigenvalue weighted by molar-refractivity contribution is -0.137. The Labute approximate surface area is 156 Å². The van der Waals surface area contributed by atoms with Crippen molar-refractivity contribution in [1.82, 2.24) is 15.0 Å². The van der Waals surface area contributed by atoms with Crippen molar-refractivity contribution in [2.75, 3.05) is 5.32 Å². The van der Waals surface area contributed by atoms with Crippen LogP contribution in [0.3, 0.4) is 0 Å².